The number of hydrogen-bond donors (Lipinski definition) is 1. The Kier molecular flexibility index (Phi) is 4.95. The van der Waals surface area contributed by atoms with E-state index >= 15 is 0 Å². The number of alkyl halides is 1. The molecule has 0 atom stereocenters. The number of benzene rings is 2. The molecule has 0 saturated carbocycles. The molecule has 2 aromatic rings. The first kappa shape index (κ1) is 15.1. The molecule has 0 unspecified atom stereocenters. The summed E-state index contributed by atoms with van der Waals surface area (Å²) in [7, 11) is 0. The summed E-state index contributed by atoms with van der Waals surface area (Å²) in [6.07, 6.45) is 0. The van der Waals surface area contributed by atoms with Crippen LogP contribution in [0.1, 0.15) is 22.8 Å². The lowest BCUT2D eigenvalue weighted by atomic mass is 10.1. The summed E-state index contributed by atoms with van der Waals surface area (Å²) in [5.74, 6) is 0.143. The third kappa shape index (κ3) is 4.33. The van der Waals surface area contributed by atoms with Crippen LogP contribution in [0, 0.1) is 0 Å². The second-order valence-corrected chi connectivity index (χ2v) is 4.70. The standard InChI is InChI=1S/C16H14ClNO3/c1-11(19)18-14-5-7-15(8-6-14)21-16(20)13-4-2-3-12(9-13)10-17/h2-9H,10H2,1H3,(H,18,19). The predicted molar refractivity (Wildman–Crippen MR) is 81.7 cm³/mol. The number of nitrogens with one attached hydrogen (secondary N) is 1. The van der Waals surface area contributed by atoms with E-state index < -0.39 is 5.97 Å². The topological polar surface area (TPSA) is 55.4 Å². The van der Waals surface area contributed by atoms with Crippen LogP contribution in [0.15, 0.2) is 48.5 Å². The predicted octanol–water partition coefficient (Wildman–Crippen LogP) is 3.60. The van der Waals surface area contributed by atoms with Crippen molar-refractivity contribution in [2.45, 2.75) is 12.8 Å². The van der Waals surface area contributed by atoms with Gasteiger partial charge in [-0.25, -0.2) is 4.79 Å². The largest absolute Gasteiger partial charge is 0.423 e. The van der Waals surface area contributed by atoms with Crippen LogP contribution in [0.3, 0.4) is 0 Å². The molecule has 2 aromatic carbocycles. The van der Waals surface area contributed by atoms with E-state index in [4.69, 9.17) is 16.3 Å². The maximum Gasteiger partial charge on any atom is 0.343 e. The average Bonchev–Trinajstić information content (AvgIpc) is 2.49. The van der Waals surface area contributed by atoms with Gasteiger partial charge in [-0.3, -0.25) is 4.79 Å². The Labute approximate surface area is 127 Å². The van der Waals surface area contributed by atoms with Crippen LogP contribution in [0.4, 0.5) is 5.69 Å². The minimum absolute atomic E-state index is 0.155. The van der Waals surface area contributed by atoms with E-state index in [1.807, 2.05) is 6.07 Å². The number of hydrogen-bond acceptors (Lipinski definition) is 3. The van der Waals surface area contributed by atoms with Crippen LogP contribution in [-0.4, -0.2) is 11.9 Å². The molecule has 5 heteroatoms. The molecular formula is C16H14ClNO3. The smallest absolute Gasteiger partial charge is 0.343 e. The molecule has 0 heterocycles. The van der Waals surface area contributed by atoms with Crippen molar-refractivity contribution in [1.29, 1.82) is 0 Å². The highest BCUT2D eigenvalue weighted by atomic mass is 35.5. The van der Waals surface area contributed by atoms with E-state index in [2.05, 4.69) is 5.32 Å². The molecule has 0 aliphatic heterocycles. The van der Waals surface area contributed by atoms with Crippen molar-refractivity contribution in [2.75, 3.05) is 5.32 Å². The summed E-state index contributed by atoms with van der Waals surface area (Å²) in [6, 6.07) is 13.5. The molecule has 4 nitrogen and oxygen atoms in total. The summed E-state index contributed by atoms with van der Waals surface area (Å²) < 4.78 is 5.27. The zero-order chi connectivity index (χ0) is 15.2. The van der Waals surface area contributed by atoms with Crippen molar-refractivity contribution in [1.82, 2.24) is 0 Å². The first-order chi connectivity index (χ1) is 10.1. The molecule has 21 heavy (non-hydrogen) atoms. The fourth-order valence-corrected chi connectivity index (χ4v) is 1.92. The maximum absolute atomic E-state index is 12.0. The van der Waals surface area contributed by atoms with Gasteiger partial charge in [0.2, 0.25) is 5.91 Å². The number of rotatable bonds is 4. The lowest BCUT2D eigenvalue weighted by Gasteiger charge is -2.07. The Bertz CT molecular complexity index is 653. The number of ether oxygens (including phenoxy) is 1. The number of amides is 1. The van der Waals surface area contributed by atoms with E-state index in [1.54, 1.807) is 42.5 Å². The van der Waals surface area contributed by atoms with E-state index in [1.165, 1.54) is 6.92 Å². The fraction of sp³-hybridized carbons (Fsp3) is 0.125. The highest BCUT2D eigenvalue weighted by Crippen LogP contribution is 2.17. The van der Waals surface area contributed by atoms with E-state index in [0.717, 1.165) is 5.56 Å². The lowest BCUT2D eigenvalue weighted by molar-refractivity contribution is -0.114. The van der Waals surface area contributed by atoms with Crippen molar-refractivity contribution < 1.29 is 14.3 Å². The Morgan fingerprint density at radius 3 is 2.48 bits per heavy atom. The van der Waals surface area contributed by atoms with Crippen molar-refractivity contribution in [3.63, 3.8) is 0 Å². The van der Waals surface area contributed by atoms with Gasteiger partial charge in [-0.1, -0.05) is 12.1 Å². The highest BCUT2D eigenvalue weighted by molar-refractivity contribution is 6.17. The van der Waals surface area contributed by atoms with Crippen LogP contribution in [-0.2, 0) is 10.7 Å². The molecule has 1 N–H and O–H groups in total. The van der Waals surface area contributed by atoms with Crippen LogP contribution < -0.4 is 10.1 Å². The van der Waals surface area contributed by atoms with Crippen molar-refractivity contribution in [3.05, 3.63) is 59.7 Å². The molecular weight excluding hydrogens is 290 g/mol. The van der Waals surface area contributed by atoms with Gasteiger partial charge < -0.3 is 10.1 Å². The molecule has 1 amide bonds. The van der Waals surface area contributed by atoms with Gasteiger partial charge in [0.05, 0.1) is 5.56 Å². The molecule has 0 bridgehead atoms. The van der Waals surface area contributed by atoms with E-state index in [0.29, 0.717) is 22.9 Å². The monoisotopic (exact) mass is 303 g/mol. The average molecular weight is 304 g/mol. The van der Waals surface area contributed by atoms with E-state index in [-0.39, 0.29) is 5.91 Å². The van der Waals surface area contributed by atoms with Crippen molar-refractivity contribution in [2.24, 2.45) is 0 Å². The zero-order valence-electron chi connectivity index (χ0n) is 11.4. The second kappa shape index (κ2) is 6.90. The molecule has 108 valence electrons. The van der Waals surface area contributed by atoms with Gasteiger partial charge >= 0.3 is 5.97 Å². The third-order valence-corrected chi connectivity index (χ3v) is 3.01. The zero-order valence-corrected chi connectivity index (χ0v) is 12.2. The van der Waals surface area contributed by atoms with Crippen LogP contribution in [0.5, 0.6) is 5.75 Å². The van der Waals surface area contributed by atoms with Crippen LogP contribution >= 0.6 is 11.6 Å². The van der Waals surface area contributed by atoms with Gasteiger partial charge in [0.15, 0.2) is 0 Å². The third-order valence-electron chi connectivity index (χ3n) is 2.70. The van der Waals surface area contributed by atoms with Gasteiger partial charge in [-0.05, 0) is 42.0 Å². The highest BCUT2D eigenvalue weighted by Gasteiger charge is 2.09. The van der Waals surface area contributed by atoms with Crippen LogP contribution in [0.2, 0.25) is 0 Å². The van der Waals surface area contributed by atoms with Crippen molar-refractivity contribution in [3.8, 4) is 5.75 Å². The first-order valence-electron chi connectivity index (χ1n) is 6.33. The SMILES string of the molecule is CC(=O)Nc1ccc(OC(=O)c2cccc(CCl)c2)cc1. The molecule has 0 radical (unpaired) electrons. The summed E-state index contributed by atoms with van der Waals surface area (Å²) in [4.78, 5) is 22.9. The first-order valence-corrected chi connectivity index (χ1v) is 6.86. The molecule has 0 saturated heterocycles. The number of anilines is 1. The fourth-order valence-electron chi connectivity index (χ4n) is 1.76. The van der Waals surface area contributed by atoms with Gasteiger partial charge in [-0.2, -0.15) is 0 Å². The molecule has 0 fully saturated rings. The summed E-state index contributed by atoms with van der Waals surface area (Å²) >= 11 is 5.74. The van der Waals surface area contributed by atoms with Gasteiger partial charge in [0.25, 0.3) is 0 Å². The summed E-state index contributed by atoms with van der Waals surface area (Å²) in [6.45, 7) is 1.43. The quantitative estimate of drug-likeness (QED) is 0.533. The van der Waals surface area contributed by atoms with Gasteiger partial charge in [0, 0.05) is 18.5 Å². The van der Waals surface area contributed by atoms with Gasteiger partial charge in [-0.15, -0.1) is 11.6 Å². The Morgan fingerprint density at radius 2 is 1.86 bits per heavy atom. The van der Waals surface area contributed by atoms with Crippen LogP contribution in [0.25, 0.3) is 0 Å². The Balaban J connectivity index is 2.06. The maximum atomic E-state index is 12.0. The molecule has 0 aromatic heterocycles. The number of halogens is 1. The van der Waals surface area contributed by atoms with Gasteiger partial charge in [0.1, 0.15) is 5.75 Å². The number of esters is 1. The molecule has 0 aliphatic rings. The molecule has 0 aliphatic carbocycles. The summed E-state index contributed by atoms with van der Waals surface area (Å²) in [5, 5.41) is 2.64. The normalized spacial score (nSPS) is 10.0. The minimum atomic E-state index is -0.450. The summed E-state index contributed by atoms with van der Waals surface area (Å²) in [5.41, 5.74) is 1.94. The minimum Gasteiger partial charge on any atom is -0.423 e. The van der Waals surface area contributed by atoms with Crippen molar-refractivity contribution >= 4 is 29.2 Å². The molecule has 2 rings (SSSR count). The Hall–Kier alpha value is -2.33. The second-order valence-electron chi connectivity index (χ2n) is 4.43. The Morgan fingerprint density at radius 1 is 1.14 bits per heavy atom. The van der Waals surface area contributed by atoms with E-state index in [9.17, 15) is 9.59 Å². The number of carbonyl (C=O) groups is 2. The molecule has 0 spiro atoms. The number of carbonyl (C=O) groups excluding carboxylic acids is 2. The lowest BCUT2D eigenvalue weighted by Crippen LogP contribution is -2.09.